The summed E-state index contributed by atoms with van der Waals surface area (Å²) in [5.74, 6) is 0. The zero-order valence-electron chi connectivity index (χ0n) is 33.1. The summed E-state index contributed by atoms with van der Waals surface area (Å²) < 4.78 is 0. The second-order valence-electron chi connectivity index (χ2n) is 15.6. The molecule has 0 aromatic heterocycles. The topological polar surface area (TPSA) is 3.24 Å². The molecule has 1 aliphatic rings. The molecular formula is C59H41N. The quantitative estimate of drug-likeness (QED) is 0.149. The summed E-state index contributed by atoms with van der Waals surface area (Å²) in [6.07, 6.45) is 0. The highest BCUT2D eigenvalue weighted by Gasteiger charge is 2.47. The van der Waals surface area contributed by atoms with E-state index < -0.39 is 5.41 Å². The number of anilines is 3. The molecule has 1 nitrogen and oxygen atoms in total. The number of hydrogen-bond donors (Lipinski definition) is 0. The first kappa shape index (κ1) is 35.4. The molecular weight excluding hydrogens is 723 g/mol. The number of benzene rings is 10. The fraction of sp³-hybridized carbons (Fsp3) is 0.0169. The van der Waals surface area contributed by atoms with E-state index in [2.05, 4.69) is 254 Å². The van der Waals surface area contributed by atoms with Gasteiger partial charge in [0, 0.05) is 16.9 Å². The number of fused-ring (bicyclic) bond motifs is 4. The van der Waals surface area contributed by atoms with Crippen molar-refractivity contribution < 1.29 is 0 Å². The van der Waals surface area contributed by atoms with Crippen molar-refractivity contribution in [1.82, 2.24) is 0 Å². The first-order chi connectivity index (χ1) is 29.8. The van der Waals surface area contributed by atoms with Crippen molar-refractivity contribution in [2.75, 3.05) is 4.90 Å². The maximum atomic E-state index is 2.49. The third-order valence-electron chi connectivity index (χ3n) is 12.3. The summed E-state index contributed by atoms with van der Waals surface area (Å²) in [5, 5.41) is 2.48. The van der Waals surface area contributed by atoms with E-state index in [1.807, 2.05) is 0 Å². The number of rotatable bonds is 8. The van der Waals surface area contributed by atoms with E-state index in [0.717, 1.165) is 22.6 Å². The van der Waals surface area contributed by atoms with Crippen LogP contribution < -0.4 is 4.90 Å². The summed E-state index contributed by atoms with van der Waals surface area (Å²) in [6, 6.07) is 91.1. The number of hydrogen-bond acceptors (Lipinski definition) is 1. The smallest absolute Gasteiger partial charge is 0.0714 e. The van der Waals surface area contributed by atoms with Gasteiger partial charge in [0.2, 0.25) is 0 Å². The average molecular weight is 764 g/mol. The molecule has 0 unspecified atom stereocenters. The van der Waals surface area contributed by atoms with Crippen molar-refractivity contribution in [2.45, 2.75) is 5.41 Å². The van der Waals surface area contributed by atoms with Crippen LogP contribution >= 0.6 is 0 Å². The molecule has 10 aromatic rings. The Balaban J connectivity index is 1.17. The predicted octanol–water partition coefficient (Wildman–Crippen LogP) is 15.7. The third-order valence-corrected chi connectivity index (χ3v) is 12.3. The SMILES string of the molecule is c1ccc(-c2cccc(-c3cccc(N(c4cccc(-c5cccc6ccccc56)c4)c4cccc5c4-c4ccccc4C5(c4ccccc4)c4ccccc4)c3)c2)cc1. The van der Waals surface area contributed by atoms with E-state index in [1.54, 1.807) is 0 Å². The summed E-state index contributed by atoms with van der Waals surface area (Å²) in [6.45, 7) is 0. The molecule has 60 heavy (non-hydrogen) atoms. The van der Waals surface area contributed by atoms with Crippen LogP contribution in [0.15, 0.2) is 249 Å². The molecule has 0 saturated heterocycles. The van der Waals surface area contributed by atoms with Gasteiger partial charge in [-0.15, -0.1) is 0 Å². The van der Waals surface area contributed by atoms with E-state index in [4.69, 9.17) is 0 Å². The van der Waals surface area contributed by atoms with Gasteiger partial charge < -0.3 is 4.90 Å². The van der Waals surface area contributed by atoms with E-state index >= 15 is 0 Å². The molecule has 282 valence electrons. The Hall–Kier alpha value is -7.74. The summed E-state index contributed by atoms with van der Waals surface area (Å²) in [5.41, 5.74) is 17.5. The summed E-state index contributed by atoms with van der Waals surface area (Å²) in [4.78, 5) is 2.49. The minimum Gasteiger partial charge on any atom is -0.310 e. The van der Waals surface area contributed by atoms with Gasteiger partial charge in [-0.3, -0.25) is 0 Å². The van der Waals surface area contributed by atoms with Crippen molar-refractivity contribution in [3.05, 3.63) is 271 Å². The van der Waals surface area contributed by atoms with E-state index in [1.165, 1.54) is 72.0 Å². The van der Waals surface area contributed by atoms with Crippen LogP contribution in [0.3, 0.4) is 0 Å². The van der Waals surface area contributed by atoms with Gasteiger partial charge in [0.15, 0.2) is 0 Å². The molecule has 0 saturated carbocycles. The molecule has 0 amide bonds. The molecule has 0 atom stereocenters. The van der Waals surface area contributed by atoms with Crippen molar-refractivity contribution in [2.24, 2.45) is 0 Å². The van der Waals surface area contributed by atoms with Gasteiger partial charge in [-0.25, -0.2) is 0 Å². The monoisotopic (exact) mass is 763 g/mol. The molecule has 0 radical (unpaired) electrons. The van der Waals surface area contributed by atoms with Gasteiger partial charge in [-0.1, -0.05) is 212 Å². The molecule has 0 spiro atoms. The molecule has 0 heterocycles. The molecule has 10 aromatic carbocycles. The zero-order valence-corrected chi connectivity index (χ0v) is 33.1. The van der Waals surface area contributed by atoms with Crippen LogP contribution in [0.5, 0.6) is 0 Å². The molecule has 0 aliphatic heterocycles. The van der Waals surface area contributed by atoms with Crippen LogP contribution in [-0.2, 0) is 5.41 Å². The molecule has 0 N–H and O–H groups in total. The van der Waals surface area contributed by atoms with Gasteiger partial charge in [-0.05, 0) is 108 Å². The van der Waals surface area contributed by atoms with Gasteiger partial charge >= 0.3 is 0 Å². The molecule has 11 rings (SSSR count). The number of nitrogens with zero attached hydrogens (tertiary/aromatic N) is 1. The van der Waals surface area contributed by atoms with Gasteiger partial charge in [-0.2, -0.15) is 0 Å². The maximum Gasteiger partial charge on any atom is 0.0714 e. The molecule has 0 fully saturated rings. The standard InChI is InChI=1S/C59H41N/c1-4-19-42(20-5-1)44-23-14-24-45(39-44)46-25-15-31-50(40-46)60(51-32-16-26-47(41-51)53-35-17-22-43-21-10-11-33-52(43)53)57-38-18-37-56-58(57)54-34-12-13-36-55(54)59(56,48-27-6-2-7-28-48)49-29-8-3-9-30-49/h1-41H. The Bertz CT molecular complexity index is 3100. The first-order valence-corrected chi connectivity index (χ1v) is 20.8. The normalized spacial score (nSPS) is 12.5. The van der Waals surface area contributed by atoms with E-state index in [0.29, 0.717) is 0 Å². The van der Waals surface area contributed by atoms with Crippen LogP contribution in [-0.4, -0.2) is 0 Å². The molecule has 1 aliphatic carbocycles. The minimum atomic E-state index is -0.513. The Morgan fingerprint density at radius 2 is 0.767 bits per heavy atom. The highest BCUT2D eigenvalue weighted by atomic mass is 15.1. The molecule has 0 bridgehead atoms. The summed E-state index contributed by atoms with van der Waals surface area (Å²) in [7, 11) is 0. The zero-order chi connectivity index (χ0) is 39.9. The molecule has 1 heteroatoms. The van der Waals surface area contributed by atoms with Crippen molar-refractivity contribution in [3.8, 4) is 44.5 Å². The second-order valence-corrected chi connectivity index (χ2v) is 15.6. The fourth-order valence-electron chi connectivity index (χ4n) is 9.71. The van der Waals surface area contributed by atoms with Crippen LogP contribution in [0, 0.1) is 0 Å². The lowest BCUT2D eigenvalue weighted by Gasteiger charge is -2.34. The van der Waals surface area contributed by atoms with Gasteiger partial charge in [0.05, 0.1) is 11.1 Å². The van der Waals surface area contributed by atoms with Crippen molar-refractivity contribution >= 4 is 27.8 Å². The van der Waals surface area contributed by atoms with E-state index in [-0.39, 0.29) is 0 Å². The fourth-order valence-corrected chi connectivity index (χ4v) is 9.71. The minimum absolute atomic E-state index is 0.513. The first-order valence-electron chi connectivity index (χ1n) is 20.8. The van der Waals surface area contributed by atoms with Gasteiger partial charge in [0.25, 0.3) is 0 Å². The van der Waals surface area contributed by atoms with Crippen LogP contribution in [0.2, 0.25) is 0 Å². The summed E-state index contributed by atoms with van der Waals surface area (Å²) >= 11 is 0. The van der Waals surface area contributed by atoms with Gasteiger partial charge in [0.1, 0.15) is 0 Å². The Labute approximate surface area is 352 Å². The lowest BCUT2D eigenvalue weighted by molar-refractivity contribution is 0.768. The van der Waals surface area contributed by atoms with Crippen molar-refractivity contribution in [1.29, 1.82) is 0 Å². The second kappa shape index (κ2) is 14.9. The maximum absolute atomic E-state index is 2.49. The Morgan fingerprint density at radius 1 is 0.300 bits per heavy atom. The largest absolute Gasteiger partial charge is 0.310 e. The van der Waals surface area contributed by atoms with Crippen LogP contribution in [0.1, 0.15) is 22.3 Å². The lowest BCUT2D eigenvalue weighted by Crippen LogP contribution is -2.28. The van der Waals surface area contributed by atoms with Crippen LogP contribution in [0.25, 0.3) is 55.3 Å². The Kier molecular flexibility index (Phi) is 8.79. The average Bonchev–Trinajstić information content (AvgIpc) is 3.64. The van der Waals surface area contributed by atoms with Crippen molar-refractivity contribution in [3.63, 3.8) is 0 Å². The van der Waals surface area contributed by atoms with E-state index in [9.17, 15) is 0 Å². The third kappa shape index (κ3) is 5.86. The highest BCUT2D eigenvalue weighted by Crippen LogP contribution is 2.59. The predicted molar refractivity (Wildman–Crippen MR) is 252 cm³/mol. The highest BCUT2D eigenvalue weighted by molar-refractivity contribution is 6.00. The Morgan fingerprint density at radius 3 is 1.50 bits per heavy atom. The lowest BCUT2D eigenvalue weighted by atomic mass is 9.68. The van der Waals surface area contributed by atoms with Crippen LogP contribution in [0.4, 0.5) is 17.1 Å².